The SMILES string of the molecule is COc1ccc(S(=O)(=O)Nc2ccccc2-c2cn3cccc(C)c3n2)cc1C. The molecule has 6 nitrogen and oxygen atoms in total. The number of benzene rings is 2. The number of hydrogen-bond acceptors (Lipinski definition) is 4. The molecule has 0 aliphatic heterocycles. The van der Waals surface area contributed by atoms with Crippen molar-refractivity contribution in [3.63, 3.8) is 0 Å². The molecule has 29 heavy (non-hydrogen) atoms. The van der Waals surface area contributed by atoms with Gasteiger partial charge in [-0.3, -0.25) is 4.72 Å². The zero-order valence-corrected chi connectivity index (χ0v) is 17.2. The van der Waals surface area contributed by atoms with Crippen molar-refractivity contribution in [3.8, 4) is 17.0 Å². The Balaban J connectivity index is 1.75. The van der Waals surface area contributed by atoms with E-state index in [2.05, 4.69) is 4.72 Å². The third-order valence-corrected chi connectivity index (χ3v) is 6.17. The summed E-state index contributed by atoms with van der Waals surface area (Å²) in [6.45, 7) is 3.80. The van der Waals surface area contributed by atoms with Crippen LogP contribution >= 0.6 is 0 Å². The molecule has 4 rings (SSSR count). The summed E-state index contributed by atoms with van der Waals surface area (Å²) >= 11 is 0. The summed E-state index contributed by atoms with van der Waals surface area (Å²) in [4.78, 5) is 4.87. The Morgan fingerprint density at radius 1 is 1.00 bits per heavy atom. The second-order valence-electron chi connectivity index (χ2n) is 6.83. The monoisotopic (exact) mass is 407 g/mol. The van der Waals surface area contributed by atoms with Gasteiger partial charge in [-0.25, -0.2) is 13.4 Å². The number of para-hydroxylation sites is 1. The van der Waals surface area contributed by atoms with Gasteiger partial charge in [0.25, 0.3) is 10.0 Å². The minimum Gasteiger partial charge on any atom is -0.496 e. The van der Waals surface area contributed by atoms with E-state index < -0.39 is 10.0 Å². The van der Waals surface area contributed by atoms with Gasteiger partial charge in [-0.2, -0.15) is 0 Å². The van der Waals surface area contributed by atoms with E-state index in [0.717, 1.165) is 16.8 Å². The molecule has 2 heterocycles. The van der Waals surface area contributed by atoms with Gasteiger partial charge in [0.15, 0.2) is 0 Å². The first-order chi connectivity index (χ1) is 13.9. The molecule has 148 valence electrons. The number of fused-ring (bicyclic) bond motifs is 1. The smallest absolute Gasteiger partial charge is 0.261 e. The van der Waals surface area contributed by atoms with Gasteiger partial charge in [0.05, 0.1) is 23.4 Å². The highest BCUT2D eigenvalue weighted by atomic mass is 32.2. The molecule has 4 aromatic rings. The van der Waals surface area contributed by atoms with E-state index in [4.69, 9.17) is 9.72 Å². The molecule has 0 radical (unpaired) electrons. The van der Waals surface area contributed by atoms with Gasteiger partial charge in [0.2, 0.25) is 0 Å². The normalized spacial score (nSPS) is 11.6. The minimum atomic E-state index is -3.77. The van der Waals surface area contributed by atoms with Crippen LogP contribution in [0, 0.1) is 13.8 Å². The minimum absolute atomic E-state index is 0.177. The maximum absolute atomic E-state index is 13.0. The van der Waals surface area contributed by atoms with Crippen molar-refractivity contribution in [2.75, 3.05) is 11.8 Å². The molecular formula is C22H21N3O3S. The van der Waals surface area contributed by atoms with Crippen LogP contribution in [0.3, 0.4) is 0 Å². The Labute approximate surface area is 169 Å². The molecule has 0 bridgehead atoms. The summed E-state index contributed by atoms with van der Waals surface area (Å²) in [6, 6.07) is 16.0. The predicted molar refractivity (Wildman–Crippen MR) is 114 cm³/mol. The lowest BCUT2D eigenvalue weighted by molar-refractivity contribution is 0.411. The lowest BCUT2D eigenvalue weighted by Crippen LogP contribution is -2.14. The van der Waals surface area contributed by atoms with Gasteiger partial charge in [0, 0.05) is 18.0 Å². The van der Waals surface area contributed by atoms with Gasteiger partial charge in [-0.15, -0.1) is 0 Å². The van der Waals surface area contributed by atoms with Gasteiger partial charge < -0.3 is 9.14 Å². The van der Waals surface area contributed by atoms with E-state index in [1.54, 1.807) is 31.4 Å². The van der Waals surface area contributed by atoms with Crippen LogP contribution in [-0.4, -0.2) is 24.9 Å². The average Bonchev–Trinajstić information content (AvgIpc) is 3.13. The molecule has 0 spiro atoms. The molecule has 0 unspecified atom stereocenters. The van der Waals surface area contributed by atoms with Crippen molar-refractivity contribution in [1.82, 2.24) is 9.38 Å². The first-order valence-corrected chi connectivity index (χ1v) is 10.6. The quantitative estimate of drug-likeness (QED) is 0.531. The van der Waals surface area contributed by atoms with Gasteiger partial charge >= 0.3 is 0 Å². The number of anilines is 1. The Morgan fingerprint density at radius 3 is 2.52 bits per heavy atom. The molecule has 0 aliphatic rings. The third kappa shape index (κ3) is 3.56. The van der Waals surface area contributed by atoms with Crippen LogP contribution in [0.5, 0.6) is 5.75 Å². The molecule has 2 aromatic heterocycles. The molecule has 0 amide bonds. The molecule has 0 atom stereocenters. The summed E-state index contributed by atoms with van der Waals surface area (Å²) in [5.74, 6) is 0.643. The Hall–Kier alpha value is -3.32. The van der Waals surface area contributed by atoms with E-state index in [9.17, 15) is 8.42 Å². The molecule has 0 saturated carbocycles. The number of pyridine rings is 1. The molecule has 0 aliphatic carbocycles. The van der Waals surface area contributed by atoms with Crippen LogP contribution in [0.1, 0.15) is 11.1 Å². The number of ether oxygens (including phenoxy) is 1. The highest BCUT2D eigenvalue weighted by Gasteiger charge is 2.19. The maximum atomic E-state index is 13.0. The summed E-state index contributed by atoms with van der Waals surface area (Å²) < 4.78 is 35.8. The number of methoxy groups -OCH3 is 1. The van der Waals surface area contributed by atoms with E-state index in [1.165, 1.54) is 6.07 Å². The number of nitrogens with one attached hydrogen (secondary N) is 1. The first-order valence-electron chi connectivity index (χ1n) is 9.10. The topological polar surface area (TPSA) is 72.7 Å². The summed E-state index contributed by atoms with van der Waals surface area (Å²) in [7, 11) is -2.21. The van der Waals surface area contributed by atoms with E-state index in [1.807, 2.05) is 54.9 Å². The molecule has 2 aromatic carbocycles. The van der Waals surface area contributed by atoms with Gasteiger partial charge in [-0.05, 0) is 55.3 Å². The zero-order valence-electron chi connectivity index (χ0n) is 16.4. The number of rotatable bonds is 5. The van der Waals surface area contributed by atoms with E-state index in [0.29, 0.717) is 22.7 Å². The fraction of sp³-hybridized carbons (Fsp3) is 0.136. The summed E-state index contributed by atoms with van der Waals surface area (Å²) in [5.41, 5.74) is 4.52. The number of nitrogens with zero attached hydrogens (tertiary/aromatic N) is 2. The van der Waals surface area contributed by atoms with Crippen molar-refractivity contribution < 1.29 is 13.2 Å². The van der Waals surface area contributed by atoms with Gasteiger partial charge in [0.1, 0.15) is 11.4 Å². The molecule has 1 N–H and O–H groups in total. The largest absolute Gasteiger partial charge is 0.496 e. The standard InChI is InChI=1S/C22H21N3O3S/c1-15-7-6-12-25-14-20(23-22(15)25)18-8-4-5-9-19(18)24-29(26,27)17-10-11-21(28-3)16(2)13-17/h4-14,24H,1-3H3. The van der Waals surface area contributed by atoms with E-state index in [-0.39, 0.29) is 4.90 Å². The lowest BCUT2D eigenvalue weighted by atomic mass is 10.1. The predicted octanol–water partition coefficient (Wildman–Crippen LogP) is 4.43. The van der Waals surface area contributed by atoms with Gasteiger partial charge in [-0.1, -0.05) is 24.3 Å². The second kappa shape index (κ2) is 7.25. The molecule has 7 heteroatoms. The highest BCUT2D eigenvalue weighted by Crippen LogP contribution is 2.30. The molecule has 0 fully saturated rings. The molecular weight excluding hydrogens is 386 g/mol. The number of hydrogen-bond donors (Lipinski definition) is 1. The maximum Gasteiger partial charge on any atom is 0.261 e. The number of aryl methyl sites for hydroxylation is 2. The van der Waals surface area contributed by atoms with Crippen LogP contribution in [0.4, 0.5) is 5.69 Å². The summed E-state index contributed by atoms with van der Waals surface area (Å²) in [5, 5.41) is 0. The van der Waals surface area contributed by atoms with Crippen LogP contribution in [0.2, 0.25) is 0 Å². The highest BCUT2D eigenvalue weighted by molar-refractivity contribution is 7.92. The third-order valence-electron chi connectivity index (χ3n) is 4.80. The fourth-order valence-corrected chi connectivity index (χ4v) is 4.47. The number of imidazole rings is 1. The fourth-order valence-electron chi connectivity index (χ4n) is 3.30. The van der Waals surface area contributed by atoms with Crippen molar-refractivity contribution >= 4 is 21.4 Å². The van der Waals surface area contributed by atoms with Crippen LogP contribution in [0.25, 0.3) is 16.9 Å². The van der Waals surface area contributed by atoms with Crippen LogP contribution in [0.15, 0.2) is 71.9 Å². The number of aromatic nitrogens is 2. The van der Waals surface area contributed by atoms with Crippen molar-refractivity contribution in [1.29, 1.82) is 0 Å². The summed E-state index contributed by atoms with van der Waals surface area (Å²) in [6.07, 6.45) is 3.82. The van der Waals surface area contributed by atoms with Crippen molar-refractivity contribution in [3.05, 3.63) is 78.1 Å². The zero-order chi connectivity index (χ0) is 20.6. The Bertz CT molecular complexity index is 1310. The Morgan fingerprint density at radius 2 is 1.79 bits per heavy atom. The van der Waals surface area contributed by atoms with E-state index >= 15 is 0 Å². The van der Waals surface area contributed by atoms with Crippen LogP contribution in [-0.2, 0) is 10.0 Å². The average molecular weight is 407 g/mol. The number of sulfonamides is 1. The van der Waals surface area contributed by atoms with Crippen molar-refractivity contribution in [2.24, 2.45) is 0 Å². The second-order valence-corrected chi connectivity index (χ2v) is 8.51. The first kappa shape index (κ1) is 19.0. The van der Waals surface area contributed by atoms with Crippen molar-refractivity contribution in [2.45, 2.75) is 18.7 Å². The lowest BCUT2D eigenvalue weighted by Gasteiger charge is -2.13. The Kier molecular flexibility index (Phi) is 4.76. The molecule has 0 saturated heterocycles. The van der Waals surface area contributed by atoms with Crippen LogP contribution < -0.4 is 9.46 Å².